The van der Waals surface area contributed by atoms with Crippen LogP contribution in [0.3, 0.4) is 0 Å². The highest BCUT2D eigenvalue weighted by Gasteiger charge is 2.45. The molecule has 1 aliphatic heterocycles. The summed E-state index contributed by atoms with van der Waals surface area (Å²) in [5.41, 5.74) is -0.344. The van der Waals surface area contributed by atoms with Crippen molar-refractivity contribution in [2.45, 2.75) is 61.6 Å². The molecule has 1 heterocycles. The fourth-order valence-electron chi connectivity index (χ4n) is 4.67. The molecule has 1 aromatic rings. The normalized spacial score (nSPS) is 26.3. The molecule has 174 valence electrons. The van der Waals surface area contributed by atoms with E-state index in [0.29, 0.717) is 19.4 Å². The first-order valence-electron chi connectivity index (χ1n) is 10.6. The van der Waals surface area contributed by atoms with Crippen molar-refractivity contribution in [3.05, 3.63) is 24.3 Å². The molecular formula is C21H32N2O6S2. The quantitative estimate of drug-likeness (QED) is 0.612. The number of nitrogens with zero attached hydrogens (tertiary/aromatic N) is 1. The maximum Gasteiger partial charge on any atom is 0.238 e. The monoisotopic (exact) mass is 472 g/mol. The van der Waals surface area contributed by atoms with Crippen LogP contribution in [-0.2, 0) is 24.5 Å². The van der Waals surface area contributed by atoms with Crippen LogP contribution in [0.5, 0.6) is 0 Å². The molecule has 1 unspecified atom stereocenters. The molecule has 1 aliphatic carbocycles. The number of hydrogen-bond acceptors (Lipinski definition) is 7. The van der Waals surface area contributed by atoms with Crippen molar-refractivity contribution in [3.8, 4) is 0 Å². The van der Waals surface area contributed by atoms with E-state index in [-0.39, 0.29) is 45.4 Å². The van der Waals surface area contributed by atoms with Crippen LogP contribution in [0, 0.1) is 11.3 Å². The Balaban J connectivity index is 1.63. The summed E-state index contributed by atoms with van der Waals surface area (Å²) < 4.78 is 49.1. The fraction of sp³-hybridized carbons (Fsp3) is 0.667. The maximum atomic E-state index is 13.0. The Bertz CT molecular complexity index is 1020. The third-order valence-corrected chi connectivity index (χ3v) is 9.79. The van der Waals surface area contributed by atoms with Gasteiger partial charge in [-0.1, -0.05) is 13.8 Å². The number of sulfone groups is 2. The molecule has 31 heavy (non-hydrogen) atoms. The lowest BCUT2D eigenvalue weighted by molar-refractivity contribution is -0.137. The van der Waals surface area contributed by atoms with E-state index in [0.717, 1.165) is 19.1 Å². The van der Waals surface area contributed by atoms with Crippen molar-refractivity contribution in [2.75, 3.05) is 25.1 Å². The molecule has 1 saturated heterocycles. The average Bonchev–Trinajstić information content (AvgIpc) is 3.22. The number of aliphatic hydroxyl groups excluding tert-OH is 1. The minimum atomic E-state index is -3.58. The lowest BCUT2D eigenvalue weighted by atomic mass is 9.80. The molecule has 2 N–H and O–H groups in total. The van der Waals surface area contributed by atoms with Crippen molar-refractivity contribution < 1.29 is 26.7 Å². The lowest BCUT2D eigenvalue weighted by Crippen LogP contribution is -2.47. The number of rotatable bonds is 7. The molecule has 1 saturated carbocycles. The summed E-state index contributed by atoms with van der Waals surface area (Å²) in [5.74, 6) is -0.269. The second-order valence-electron chi connectivity index (χ2n) is 9.26. The van der Waals surface area contributed by atoms with Gasteiger partial charge in [-0.05, 0) is 61.3 Å². The number of hydrogen-bond donors (Lipinski definition) is 2. The highest BCUT2D eigenvalue weighted by Crippen LogP contribution is 2.44. The van der Waals surface area contributed by atoms with Crippen LogP contribution in [0.2, 0.25) is 0 Å². The molecule has 0 bridgehead atoms. The first-order valence-corrected chi connectivity index (χ1v) is 14.1. The summed E-state index contributed by atoms with van der Waals surface area (Å²) in [4.78, 5) is 14.1. The van der Waals surface area contributed by atoms with Crippen molar-refractivity contribution in [3.63, 3.8) is 0 Å². The molecule has 3 atom stereocenters. The number of nitrogens with one attached hydrogen (secondary N) is 1. The summed E-state index contributed by atoms with van der Waals surface area (Å²) in [6.07, 6.45) is 3.25. The van der Waals surface area contributed by atoms with Gasteiger partial charge in [0.25, 0.3) is 0 Å². The van der Waals surface area contributed by atoms with Crippen LogP contribution >= 0.6 is 0 Å². The molecular weight excluding hydrogens is 440 g/mol. The molecule has 10 heteroatoms. The summed E-state index contributed by atoms with van der Waals surface area (Å²) in [7, 11) is -6.97. The van der Waals surface area contributed by atoms with Crippen LogP contribution in [0.4, 0.5) is 0 Å². The first kappa shape index (κ1) is 24.2. The minimum Gasteiger partial charge on any atom is -0.374 e. The molecule has 1 aromatic carbocycles. The Morgan fingerprint density at radius 3 is 2.26 bits per heavy atom. The molecule has 0 aromatic heterocycles. The zero-order valence-electron chi connectivity index (χ0n) is 18.2. The molecule has 8 nitrogen and oxygen atoms in total. The number of carbonyl (C=O) groups is 1. The topological polar surface area (TPSA) is 121 Å². The van der Waals surface area contributed by atoms with Crippen LogP contribution in [0.15, 0.2) is 34.1 Å². The third-order valence-electron chi connectivity index (χ3n) is 6.83. The summed E-state index contributed by atoms with van der Waals surface area (Å²) in [6, 6.07) is 5.34. The Morgan fingerprint density at radius 2 is 1.71 bits per heavy atom. The molecule has 2 aliphatic rings. The Hall–Kier alpha value is -1.49. The number of likely N-dealkylation sites (tertiary alicyclic amines) is 1. The van der Waals surface area contributed by atoms with Crippen molar-refractivity contribution in [1.82, 2.24) is 10.2 Å². The predicted octanol–water partition coefficient (Wildman–Crippen LogP) is 1.20. The largest absolute Gasteiger partial charge is 0.374 e. The van der Waals surface area contributed by atoms with Crippen molar-refractivity contribution in [1.29, 1.82) is 0 Å². The van der Waals surface area contributed by atoms with E-state index in [9.17, 15) is 26.7 Å². The average molecular weight is 473 g/mol. The minimum absolute atomic E-state index is 0.0102. The fourth-order valence-corrected chi connectivity index (χ4v) is 7.17. The van der Waals surface area contributed by atoms with E-state index in [1.807, 2.05) is 13.8 Å². The molecule has 0 radical (unpaired) electrons. The summed E-state index contributed by atoms with van der Waals surface area (Å²) in [6.45, 7) is 4.71. The van der Waals surface area contributed by atoms with Gasteiger partial charge in [-0.15, -0.1) is 0 Å². The van der Waals surface area contributed by atoms with E-state index in [4.69, 9.17) is 0 Å². The second kappa shape index (κ2) is 8.80. The van der Waals surface area contributed by atoms with Gasteiger partial charge >= 0.3 is 0 Å². The summed E-state index contributed by atoms with van der Waals surface area (Å²) in [5, 5.41) is 13.2. The second-order valence-corrected chi connectivity index (χ2v) is 13.3. The van der Waals surface area contributed by atoms with Crippen molar-refractivity contribution >= 4 is 25.6 Å². The predicted molar refractivity (Wildman–Crippen MR) is 117 cm³/mol. The van der Waals surface area contributed by atoms with Gasteiger partial charge in [0.1, 0.15) is 6.23 Å². The van der Waals surface area contributed by atoms with Gasteiger partial charge in [-0.25, -0.2) is 16.8 Å². The van der Waals surface area contributed by atoms with Gasteiger partial charge in [-0.3, -0.25) is 4.79 Å². The van der Waals surface area contributed by atoms with E-state index in [2.05, 4.69) is 5.32 Å². The van der Waals surface area contributed by atoms with Gasteiger partial charge in [0, 0.05) is 18.8 Å². The molecule has 1 amide bonds. The lowest BCUT2D eigenvalue weighted by Gasteiger charge is -2.34. The van der Waals surface area contributed by atoms with Gasteiger partial charge in [0.2, 0.25) is 5.91 Å². The molecule has 0 spiro atoms. The number of carbonyl (C=O) groups excluding carboxylic acids is 1. The van der Waals surface area contributed by atoms with Gasteiger partial charge < -0.3 is 15.3 Å². The molecule has 2 fully saturated rings. The van der Waals surface area contributed by atoms with E-state index in [1.165, 1.54) is 29.2 Å². The third kappa shape index (κ3) is 5.30. The van der Waals surface area contributed by atoms with Gasteiger partial charge in [-0.2, -0.15) is 0 Å². The first-order chi connectivity index (χ1) is 14.3. The Kier molecular flexibility index (Phi) is 6.86. The van der Waals surface area contributed by atoms with Crippen LogP contribution < -0.4 is 5.32 Å². The zero-order valence-corrected chi connectivity index (χ0v) is 19.9. The number of aliphatic hydroxyl groups is 1. The molecule has 3 rings (SSSR count). The van der Waals surface area contributed by atoms with E-state index in [1.54, 1.807) is 0 Å². The SMILES string of the molecule is CC1(C)C(NCC(=O)N2CCC[C@H]2O)CC[C@@H]1CS(=O)(=O)c1ccc(S(C)(=O)=O)cc1. The highest BCUT2D eigenvalue weighted by atomic mass is 32.2. The van der Waals surface area contributed by atoms with Gasteiger partial charge in [0.15, 0.2) is 19.7 Å². The Morgan fingerprint density at radius 1 is 1.10 bits per heavy atom. The number of amides is 1. The maximum absolute atomic E-state index is 13.0. The van der Waals surface area contributed by atoms with Crippen LogP contribution in [0.25, 0.3) is 0 Å². The van der Waals surface area contributed by atoms with E-state index < -0.39 is 25.9 Å². The smallest absolute Gasteiger partial charge is 0.238 e. The standard InChI is InChI=1S/C21H32N2O6S2/c1-21(2)15(6-11-18(21)22-13-20(25)23-12-4-5-19(23)24)14-31(28,29)17-9-7-16(8-10-17)30(3,26)27/h7-10,15,18-19,22,24H,4-6,11-14H2,1-3H3/t15-,18?,19-/m1/s1. The van der Waals surface area contributed by atoms with Crippen molar-refractivity contribution in [2.24, 2.45) is 11.3 Å². The highest BCUT2D eigenvalue weighted by molar-refractivity contribution is 7.91. The zero-order chi connectivity index (χ0) is 23.0. The van der Waals surface area contributed by atoms with Crippen LogP contribution in [0.1, 0.15) is 39.5 Å². The van der Waals surface area contributed by atoms with Crippen LogP contribution in [-0.4, -0.2) is 70.1 Å². The van der Waals surface area contributed by atoms with E-state index >= 15 is 0 Å². The summed E-state index contributed by atoms with van der Waals surface area (Å²) >= 11 is 0. The van der Waals surface area contributed by atoms with Gasteiger partial charge in [0.05, 0.1) is 22.1 Å². The Labute approximate surface area is 184 Å². The number of benzene rings is 1.